The van der Waals surface area contributed by atoms with Gasteiger partial charge in [-0.15, -0.1) is 11.3 Å². The van der Waals surface area contributed by atoms with Crippen LogP contribution in [0, 0.1) is 34.0 Å². The Labute approximate surface area is 143 Å². The van der Waals surface area contributed by atoms with Crippen molar-refractivity contribution in [2.24, 2.45) is 0 Å². The van der Waals surface area contributed by atoms with Gasteiger partial charge in [0.25, 0.3) is 0 Å². The molecule has 0 fully saturated rings. The second-order valence-corrected chi connectivity index (χ2v) is 5.79. The predicted octanol–water partition coefficient (Wildman–Crippen LogP) is 4.53. The molecule has 2 heterocycles. The Bertz CT molecular complexity index is 1000. The van der Waals surface area contributed by atoms with Crippen LogP contribution in [0.25, 0.3) is 21.8 Å². The summed E-state index contributed by atoms with van der Waals surface area (Å²) in [7, 11) is 0. The molecule has 112 valence electrons. The fraction of sp³-hybridized carbons (Fsp3) is 0. The smallest absolute Gasteiger partial charge is 0.149 e. The van der Waals surface area contributed by atoms with Crippen LogP contribution in [0.2, 0.25) is 0 Å². The van der Waals surface area contributed by atoms with E-state index >= 15 is 0 Å². The van der Waals surface area contributed by atoms with E-state index in [4.69, 9.17) is 10.5 Å². The molecule has 0 saturated heterocycles. The molecule has 0 aliphatic heterocycles. The first kappa shape index (κ1) is 15.3. The lowest BCUT2D eigenvalue weighted by atomic mass is 10.1. The van der Waals surface area contributed by atoms with Crippen LogP contribution < -0.4 is 0 Å². The van der Waals surface area contributed by atoms with Gasteiger partial charge < -0.3 is 4.57 Å². The molecule has 0 amide bonds. The third-order valence-corrected chi connectivity index (χ3v) is 4.40. The van der Waals surface area contributed by atoms with Crippen molar-refractivity contribution >= 4 is 16.9 Å². The first-order valence-electron chi connectivity index (χ1n) is 7.06. The lowest BCUT2D eigenvalue weighted by molar-refractivity contribution is 1.07. The number of nitrogens with zero attached hydrogens (tertiary/aromatic N) is 4. The number of para-hydroxylation sites is 1. The summed E-state index contributed by atoms with van der Waals surface area (Å²) in [6.07, 6.45) is 0. The molecule has 0 bridgehead atoms. The van der Waals surface area contributed by atoms with E-state index in [9.17, 15) is 5.26 Å². The van der Waals surface area contributed by atoms with E-state index in [-0.39, 0.29) is 11.1 Å². The summed E-state index contributed by atoms with van der Waals surface area (Å²) >= 11 is 1.59. The minimum absolute atomic E-state index is 0.0756. The van der Waals surface area contributed by atoms with Gasteiger partial charge in [0.05, 0.1) is 16.3 Å². The molecule has 3 aromatic rings. The van der Waals surface area contributed by atoms with Gasteiger partial charge in [-0.3, -0.25) is 0 Å². The summed E-state index contributed by atoms with van der Waals surface area (Å²) in [5, 5.41) is 29.8. The Balaban J connectivity index is 2.35. The molecule has 24 heavy (non-hydrogen) atoms. The van der Waals surface area contributed by atoms with E-state index in [1.165, 1.54) is 0 Å². The SMILES string of the molecule is N#CC(C#N)=C(C#N)c1ccc(-c2cccs2)n1-c1ccccc1. The Morgan fingerprint density at radius 3 is 2.17 bits per heavy atom. The molecule has 3 rings (SSSR count). The summed E-state index contributed by atoms with van der Waals surface area (Å²) in [6, 6.07) is 22.8. The van der Waals surface area contributed by atoms with Crippen molar-refractivity contribution in [3.05, 3.63) is 71.2 Å². The number of aromatic nitrogens is 1. The van der Waals surface area contributed by atoms with E-state index in [1.54, 1.807) is 17.4 Å². The maximum absolute atomic E-state index is 9.50. The van der Waals surface area contributed by atoms with Gasteiger partial charge in [0.1, 0.15) is 29.4 Å². The highest BCUT2D eigenvalue weighted by molar-refractivity contribution is 7.13. The van der Waals surface area contributed by atoms with Crippen LogP contribution in [0.3, 0.4) is 0 Å². The fourth-order valence-corrected chi connectivity index (χ4v) is 3.22. The Kier molecular flexibility index (Phi) is 4.25. The molecule has 0 unspecified atom stereocenters. The minimum atomic E-state index is -0.189. The molecule has 0 N–H and O–H groups in total. The number of thiophene rings is 1. The lowest BCUT2D eigenvalue weighted by Crippen LogP contribution is -2.02. The van der Waals surface area contributed by atoms with Gasteiger partial charge in [-0.2, -0.15) is 15.8 Å². The highest BCUT2D eigenvalue weighted by Crippen LogP contribution is 2.33. The van der Waals surface area contributed by atoms with Gasteiger partial charge in [-0.1, -0.05) is 24.3 Å². The van der Waals surface area contributed by atoms with Gasteiger partial charge in [-0.25, -0.2) is 0 Å². The van der Waals surface area contributed by atoms with E-state index in [0.29, 0.717) is 5.69 Å². The normalized spacial score (nSPS) is 9.54. The fourth-order valence-electron chi connectivity index (χ4n) is 2.48. The van der Waals surface area contributed by atoms with Crippen LogP contribution >= 0.6 is 11.3 Å². The zero-order valence-corrected chi connectivity index (χ0v) is 13.3. The molecule has 0 aliphatic carbocycles. The van der Waals surface area contributed by atoms with Crippen molar-refractivity contribution in [3.8, 4) is 34.5 Å². The van der Waals surface area contributed by atoms with Crippen molar-refractivity contribution in [2.75, 3.05) is 0 Å². The van der Waals surface area contributed by atoms with E-state index in [2.05, 4.69) is 0 Å². The largest absolute Gasteiger partial charge is 0.308 e. The van der Waals surface area contributed by atoms with Gasteiger partial charge in [0.2, 0.25) is 0 Å². The third kappa shape index (κ3) is 2.59. The van der Waals surface area contributed by atoms with Crippen LogP contribution in [-0.4, -0.2) is 4.57 Å². The molecule has 0 radical (unpaired) electrons. The lowest BCUT2D eigenvalue weighted by Gasteiger charge is -2.12. The maximum atomic E-state index is 9.50. The third-order valence-electron chi connectivity index (χ3n) is 3.51. The number of nitriles is 3. The van der Waals surface area contributed by atoms with Crippen molar-refractivity contribution in [1.29, 1.82) is 15.8 Å². The molecule has 0 aliphatic rings. The Hall–Kier alpha value is -3.59. The number of hydrogen-bond acceptors (Lipinski definition) is 4. The summed E-state index contributed by atoms with van der Waals surface area (Å²) < 4.78 is 1.90. The van der Waals surface area contributed by atoms with Crippen LogP contribution in [0.5, 0.6) is 0 Å². The molecule has 1 aromatic carbocycles. The average molecular weight is 326 g/mol. The van der Waals surface area contributed by atoms with Crippen molar-refractivity contribution in [1.82, 2.24) is 4.57 Å². The average Bonchev–Trinajstić information content (AvgIpc) is 3.29. The summed E-state index contributed by atoms with van der Waals surface area (Å²) in [5.74, 6) is 0. The molecular formula is C19H10N4S. The van der Waals surface area contributed by atoms with Crippen molar-refractivity contribution in [3.63, 3.8) is 0 Å². The zero-order chi connectivity index (χ0) is 16.9. The first-order valence-corrected chi connectivity index (χ1v) is 7.94. The second kappa shape index (κ2) is 6.67. The quantitative estimate of drug-likeness (QED) is 0.663. The van der Waals surface area contributed by atoms with Gasteiger partial charge in [0, 0.05) is 5.69 Å². The number of hydrogen-bond donors (Lipinski definition) is 0. The Morgan fingerprint density at radius 2 is 1.58 bits per heavy atom. The van der Waals surface area contributed by atoms with Crippen molar-refractivity contribution in [2.45, 2.75) is 0 Å². The van der Waals surface area contributed by atoms with Gasteiger partial charge in [0.15, 0.2) is 0 Å². The minimum Gasteiger partial charge on any atom is -0.308 e. The highest BCUT2D eigenvalue weighted by atomic mass is 32.1. The molecule has 0 atom stereocenters. The zero-order valence-electron chi connectivity index (χ0n) is 12.5. The molecule has 5 heteroatoms. The van der Waals surface area contributed by atoms with E-state index in [1.807, 2.05) is 76.7 Å². The number of rotatable bonds is 3. The Morgan fingerprint density at radius 1 is 0.833 bits per heavy atom. The predicted molar refractivity (Wildman–Crippen MR) is 92.8 cm³/mol. The summed E-state index contributed by atoms with van der Waals surface area (Å²) in [4.78, 5) is 1.04. The molecule has 4 nitrogen and oxygen atoms in total. The van der Waals surface area contributed by atoms with Gasteiger partial charge in [-0.05, 0) is 35.7 Å². The molecular weight excluding hydrogens is 316 g/mol. The monoisotopic (exact) mass is 326 g/mol. The molecule has 0 saturated carbocycles. The van der Waals surface area contributed by atoms with Crippen molar-refractivity contribution < 1.29 is 0 Å². The summed E-state index contributed by atoms with van der Waals surface area (Å²) in [5.41, 5.74) is 2.19. The van der Waals surface area contributed by atoms with Crippen LogP contribution in [0.4, 0.5) is 0 Å². The molecule has 0 spiro atoms. The topological polar surface area (TPSA) is 76.3 Å². The first-order chi connectivity index (χ1) is 11.8. The second-order valence-electron chi connectivity index (χ2n) is 4.84. The molecule has 2 aromatic heterocycles. The van der Waals surface area contributed by atoms with Crippen LogP contribution in [0.1, 0.15) is 5.69 Å². The number of benzene rings is 1. The maximum Gasteiger partial charge on any atom is 0.149 e. The van der Waals surface area contributed by atoms with E-state index in [0.717, 1.165) is 16.3 Å². The van der Waals surface area contributed by atoms with E-state index < -0.39 is 0 Å². The van der Waals surface area contributed by atoms with Gasteiger partial charge >= 0.3 is 0 Å². The standard InChI is InChI=1S/C19H10N4S/c20-11-14(12-21)16(13-22)17-8-9-18(19-7-4-10-24-19)23(17)15-5-2-1-3-6-15/h1-10H. The van der Waals surface area contributed by atoms with Crippen LogP contribution in [-0.2, 0) is 0 Å². The highest BCUT2D eigenvalue weighted by Gasteiger charge is 2.18. The summed E-state index contributed by atoms with van der Waals surface area (Å²) in [6.45, 7) is 0. The number of allylic oxidation sites excluding steroid dienone is 2. The van der Waals surface area contributed by atoms with Crippen LogP contribution in [0.15, 0.2) is 65.6 Å².